The summed E-state index contributed by atoms with van der Waals surface area (Å²) in [5.74, 6) is -0.194. The highest BCUT2D eigenvalue weighted by Crippen LogP contribution is 2.29. The molecule has 0 amide bonds. The number of aliphatic hydroxyl groups is 1. The zero-order valence-electron chi connectivity index (χ0n) is 9.35. The van der Waals surface area contributed by atoms with E-state index in [0.29, 0.717) is 0 Å². The van der Waals surface area contributed by atoms with Crippen molar-refractivity contribution in [3.05, 3.63) is 35.4 Å². The molecule has 1 aliphatic rings. The molecule has 0 unspecified atom stereocenters. The van der Waals surface area contributed by atoms with Crippen LogP contribution in [0.25, 0.3) is 0 Å². The fourth-order valence-corrected chi connectivity index (χ4v) is 2.29. The van der Waals surface area contributed by atoms with E-state index < -0.39 is 6.10 Å². The first-order valence-corrected chi connectivity index (χ1v) is 5.52. The van der Waals surface area contributed by atoms with Gasteiger partial charge in [-0.1, -0.05) is 24.3 Å². The Morgan fingerprint density at radius 1 is 1.44 bits per heavy atom. The van der Waals surface area contributed by atoms with Crippen LogP contribution in [-0.4, -0.2) is 24.3 Å². The van der Waals surface area contributed by atoms with E-state index >= 15 is 0 Å². The number of rotatable bonds is 3. The van der Waals surface area contributed by atoms with Crippen LogP contribution in [-0.2, 0) is 22.4 Å². The zero-order chi connectivity index (χ0) is 11.5. The van der Waals surface area contributed by atoms with E-state index in [-0.39, 0.29) is 18.3 Å². The Morgan fingerprint density at radius 3 is 2.50 bits per heavy atom. The average Bonchev–Trinajstić information content (AvgIpc) is 2.72. The van der Waals surface area contributed by atoms with Crippen LogP contribution < -0.4 is 0 Å². The second-order valence-corrected chi connectivity index (χ2v) is 4.28. The van der Waals surface area contributed by atoms with Crippen LogP contribution in [0.3, 0.4) is 0 Å². The van der Waals surface area contributed by atoms with Gasteiger partial charge in [0.2, 0.25) is 0 Å². The Labute approximate surface area is 95.0 Å². The highest BCUT2D eigenvalue weighted by Gasteiger charge is 2.28. The predicted octanol–water partition coefficient (Wildman–Crippen LogP) is 1.33. The van der Waals surface area contributed by atoms with Crippen molar-refractivity contribution in [2.45, 2.75) is 25.4 Å². The molecule has 0 saturated carbocycles. The van der Waals surface area contributed by atoms with Crippen LogP contribution in [0.2, 0.25) is 0 Å². The smallest absolute Gasteiger partial charge is 0.308 e. The van der Waals surface area contributed by atoms with E-state index in [1.165, 1.54) is 18.2 Å². The van der Waals surface area contributed by atoms with Gasteiger partial charge in [0.15, 0.2) is 0 Å². The highest BCUT2D eigenvalue weighted by molar-refractivity contribution is 5.69. The van der Waals surface area contributed by atoms with Crippen molar-refractivity contribution in [3.8, 4) is 0 Å². The van der Waals surface area contributed by atoms with Gasteiger partial charge in [0.1, 0.15) is 0 Å². The highest BCUT2D eigenvalue weighted by atomic mass is 16.5. The van der Waals surface area contributed by atoms with Gasteiger partial charge in [-0.2, -0.15) is 0 Å². The molecule has 0 heterocycles. The molecule has 86 valence electrons. The van der Waals surface area contributed by atoms with Crippen molar-refractivity contribution in [3.63, 3.8) is 0 Å². The third kappa shape index (κ3) is 2.25. The molecule has 16 heavy (non-hydrogen) atoms. The molecular weight excluding hydrogens is 204 g/mol. The number of carbonyl (C=O) groups excluding carboxylic acids is 1. The van der Waals surface area contributed by atoms with Gasteiger partial charge in [0.25, 0.3) is 0 Å². The second kappa shape index (κ2) is 4.66. The summed E-state index contributed by atoms with van der Waals surface area (Å²) < 4.78 is 4.56. The average molecular weight is 220 g/mol. The summed E-state index contributed by atoms with van der Waals surface area (Å²) >= 11 is 0. The van der Waals surface area contributed by atoms with E-state index in [4.69, 9.17) is 0 Å². The van der Waals surface area contributed by atoms with Crippen molar-refractivity contribution in [1.82, 2.24) is 0 Å². The van der Waals surface area contributed by atoms with Crippen LogP contribution >= 0.6 is 0 Å². The molecule has 1 aromatic carbocycles. The van der Waals surface area contributed by atoms with Crippen LogP contribution in [0.4, 0.5) is 0 Å². The number of carbonyl (C=O) groups is 1. The van der Waals surface area contributed by atoms with E-state index in [0.717, 1.165) is 12.8 Å². The summed E-state index contributed by atoms with van der Waals surface area (Å²) in [5.41, 5.74) is 2.58. The minimum absolute atomic E-state index is 0.0924. The van der Waals surface area contributed by atoms with Crippen molar-refractivity contribution < 1.29 is 14.6 Å². The summed E-state index contributed by atoms with van der Waals surface area (Å²) in [6, 6.07) is 8.18. The fourth-order valence-electron chi connectivity index (χ4n) is 2.29. The molecule has 1 aliphatic carbocycles. The number of methoxy groups -OCH3 is 1. The van der Waals surface area contributed by atoms with Crippen LogP contribution in [0.15, 0.2) is 24.3 Å². The first-order chi connectivity index (χ1) is 7.70. The van der Waals surface area contributed by atoms with Crippen LogP contribution in [0.5, 0.6) is 0 Å². The lowest BCUT2D eigenvalue weighted by Crippen LogP contribution is -2.24. The predicted molar refractivity (Wildman–Crippen MR) is 60.0 cm³/mol. The maximum atomic E-state index is 11.1. The van der Waals surface area contributed by atoms with Crippen LogP contribution in [0, 0.1) is 5.92 Å². The summed E-state index contributed by atoms with van der Waals surface area (Å²) in [7, 11) is 1.35. The molecule has 1 aromatic rings. The molecule has 0 saturated heterocycles. The minimum atomic E-state index is -0.597. The number of hydrogen-bond acceptors (Lipinski definition) is 3. The van der Waals surface area contributed by atoms with Crippen LogP contribution in [0.1, 0.15) is 17.5 Å². The number of esters is 1. The third-order valence-electron chi connectivity index (χ3n) is 3.23. The van der Waals surface area contributed by atoms with Gasteiger partial charge < -0.3 is 9.84 Å². The molecule has 0 fully saturated rings. The molecular formula is C13H16O3. The Balaban J connectivity index is 1.98. The molecule has 0 aromatic heterocycles. The van der Waals surface area contributed by atoms with Gasteiger partial charge in [-0.3, -0.25) is 4.79 Å². The first-order valence-electron chi connectivity index (χ1n) is 5.52. The van der Waals surface area contributed by atoms with Crippen molar-refractivity contribution >= 4 is 5.97 Å². The summed E-state index contributed by atoms with van der Waals surface area (Å²) in [6.07, 6.45) is 1.21. The van der Waals surface area contributed by atoms with Gasteiger partial charge in [-0.05, 0) is 29.9 Å². The Bertz CT molecular complexity index is 362. The topological polar surface area (TPSA) is 46.5 Å². The molecule has 0 aliphatic heterocycles. The van der Waals surface area contributed by atoms with E-state index in [1.807, 2.05) is 12.1 Å². The normalized spacial score (nSPS) is 16.9. The first kappa shape index (κ1) is 11.1. The second-order valence-electron chi connectivity index (χ2n) is 4.28. The quantitative estimate of drug-likeness (QED) is 0.782. The van der Waals surface area contributed by atoms with Gasteiger partial charge in [0.05, 0.1) is 19.6 Å². The van der Waals surface area contributed by atoms with Gasteiger partial charge in [-0.25, -0.2) is 0 Å². The van der Waals surface area contributed by atoms with Gasteiger partial charge in [0, 0.05) is 0 Å². The fraction of sp³-hybridized carbons (Fsp3) is 0.462. The molecule has 3 heteroatoms. The number of aliphatic hydroxyl groups excluding tert-OH is 1. The molecule has 1 atom stereocenters. The van der Waals surface area contributed by atoms with Crippen molar-refractivity contribution in [2.24, 2.45) is 5.92 Å². The number of ether oxygens (including phenoxy) is 1. The lowest BCUT2D eigenvalue weighted by molar-refractivity contribution is -0.143. The standard InChI is InChI=1S/C13H16O3/c1-16-13(15)8-12(14)11-6-9-4-2-3-5-10(9)7-11/h2-5,11-12,14H,6-8H2,1H3/t12-/m1/s1. The van der Waals surface area contributed by atoms with E-state index in [2.05, 4.69) is 16.9 Å². The zero-order valence-corrected chi connectivity index (χ0v) is 9.35. The number of fused-ring (bicyclic) bond motifs is 1. The summed E-state index contributed by atoms with van der Waals surface area (Å²) in [4.78, 5) is 11.1. The van der Waals surface area contributed by atoms with Crippen molar-refractivity contribution in [2.75, 3.05) is 7.11 Å². The van der Waals surface area contributed by atoms with E-state index in [1.54, 1.807) is 0 Å². The summed E-state index contributed by atoms with van der Waals surface area (Å²) in [5, 5.41) is 9.92. The molecule has 3 nitrogen and oxygen atoms in total. The molecule has 0 spiro atoms. The van der Waals surface area contributed by atoms with Crippen molar-refractivity contribution in [1.29, 1.82) is 0 Å². The molecule has 2 rings (SSSR count). The van der Waals surface area contributed by atoms with Gasteiger partial charge >= 0.3 is 5.97 Å². The molecule has 0 radical (unpaired) electrons. The van der Waals surface area contributed by atoms with Gasteiger partial charge in [-0.15, -0.1) is 0 Å². The van der Waals surface area contributed by atoms with E-state index in [9.17, 15) is 9.90 Å². The molecule has 1 N–H and O–H groups in total. The maximum Gasteiger partial charge on any atom is 0.308 e. The maximum absolute atomic E-state index is 11.1. The monoisotopic (exact) mass is 220 g/mol. The molecule has 0 bridgehead atoms. The Hall–Kier alpha value is -1.35. The minimum Gasteiger partial charge on any atom is -0.469 e. The third-order valence-corrected chi connectivity index (χ3v) is 3.23. The lowest BCUT2D eigenvalue weighted by atomic mass is 9.97. The SMILES string of the molecule is COC(=O)C[C@@H](O)C1Cc2ccccc2C1. The lowest BCUT2D eigenvalue weighted by Gasteiger charge is -2.16. The number of benzene rings is 1. The Kier molecular flexibility index (Phi) is 3.25. The number of hydrogen-bond donors (Lipinski definition) is 1. The summed E-state index contributed by atoms with van der Waals surface area (Å²) in [6.45, 7) is 0. The Morgan fingerprint density at radius 2 is 2.00 bits per heavy atom. The largest absolute Gasteiger partial charge is 0.469 e.